The lowest BCUT2D eigenvalue weighted by Crippen LogP contribution is -2.37. The fraction of sp³-hybridized carbons (Fsp3) is 0.200. The molecule has 0 unspecified atom stereocenters. The maximum absolute atomic E-state index is 12.7. The Morgan fingerprint density at radius 3 is 2.63 bits per heavy atom. The fourth-order valence-electron chi connectivity index (χ4n) is 2.77. The van der Waals surface area contributed by atoms with Gasteiger partial charge in [-0.1, -0.05) is 36.4 Å². The van der Waals surface area contributed by atoms with Gasteiger partial charge in [0.05, 0.1) is 11.7 Å². The van der Waals surface area contributed by atoms with E-state index in [1.807, 2.05) is 53.9 Å². The van der Waals surface area contributed by atoms with Gasteiger partial charge in [0.1, 0.15) is 18.2 Å². The van der Waals surface area contributed by atoms with Gasteiger partial charge in [0.15, 0.2) is 0 Å². The second kappa shape index (κ2) is 7.98. The minimum absolute atomic E-state index is 0.0215. The zero-order valence-electron chi connectivity index (χ0n) is 15.0. The third kappa shape index (κ3) is 3.96. The van der Waals surface area contributed by atoms with Gasteiger partial charge in [0.25, 0.3) is 5.56 Å². The van der Waals surface area contributed by atoms with Crippen molar-refractivity contribution in [3.63, 3.8) is 0 Å². The largest absolute Gasteiger partial charge is 0.343 e. The molecular weight excluding hydrogens is 360 g/mol. The van der Waals surface area contributed by atoms with Crippen molar-refractivity contribution in [3.05, 3.63) is 85.5 Å². The molecule has 0 bridgehead atoms. The summed E-state index contributed by atoms with van der Waals surface area (Å²) >= 11 is 1.55. The van der Waals surface area contributed by atoms with E-state index in [2.05, 4.69) is 10.4 Å². The van der Waals surface area contributed by atoms with Crippen LogP contribution in [0.5, 0.6) is 0 Å². The highest BCUT2D eigenvalue weighted by Gasteiger charge is 2.19. The van der Waals surface area contributed by atoms with Gasteiger partial charge in [-0.15, -0.1) is 11.3 Å². The Balaban J connectivity index is 1.87. The SMILES string of the molecule is Cc1nn(CC(=O)N[C@@H](c2ccccc2)c2cccs2)c(=O)c(C#N)c1C. The number of aryl methyl sites for hydroxylation is 1. The maximum Gasteiger partial charge on any atom is 0.285 e. The molecule has 1 N–H and O–H groups in total. The molecule has 7 heteroatoms. The molecule has 0 radical (unpaired) electrons. The molecular formula is C20H18N4O2S. The topological polar surface area (TPSA) is 87.8 Å². The summed E-state index contributed by atoms with van der Waals surface area (Å²) in [5.41, 5.74) is 1.51. The van der Waals surface area contributed by atoms with E-state index < -0.39 is 5.56 Å². The lowest BCUT2D eigenvalue weighted by molar-refractivity contribution is -0.122. The first-order valence-corrected chi connectivity index (χ1v) is 9.25. The second-order valence-electron chi connectivity index (χ2n) is 6.09. The van der Waals surface area contributed by atoms with Crippen molar-refractivity contribution in [3.8, 4) is 6.07 Å². The molecule has 27 heavy (non-hydrogen) atoms. The Hall–Kier alpha value is -3.24. The van der Waals surface area contributed by atoms with Crippen LogP contribution in [-0.4, -0.2) is 15.7 Å². The fourth-order valence-corrected chi connectivity index (χ4v) is 3.58. The Labute approximate surface area is 160 Å². The molecule has 0 aliphatic heterocycles. The molecule has 1 atom stereocenters. The van der Waals surface area contributed by atoms with Crippen molar-refractivity contribution in [2.45, 2.75) is 26.4 Å². The van der Waals surface area contributed by atoms with Crippen molar-refractivity contribution in [2.75, 3.05) is 0 Å². The second-order valence-corrected chi connectivity index (χ2v) is 7.07. The average Bonchev–Trinajstić information content (AvgIpc) is 3.20. The number of nitrogens with zero attached hydrogens (tertiary/aromatic N) is 3. The van der Waals surface area contributed by atoms with E-state index in [-0.39, 0.29) is 24.1 Å². The molecule has 6 nitrogen and oxygen atoms in total. The summed E-state index contributed by atoms with van der Waals surface area (Å²) in [5.74, 6) is -0.348. The van der Waals surface area contributed by atoms with E-state index in [9.17, 15) is 14.9 Å². The summed E-state index contributed by atoms with van der Waals surface area (Å²) in [7, 11) is 0. The molecule has 0 fully saturated rings. The van der Waals surface area contributed by atoms with Crippen LogP contribution in [0.2, 0.25) is 0 Å². The van der Waals surface area contributed by atoms with E-state index in [1.165, 1.54) is 0 Å². The van der Waals surface area contributed by atoms with Crippen molar-refractivity contribution >= 4 is 17.2 Å². The molecule has 3 rings (SSSR count). The van der Waals surface area contributed by atoms with E-state index >= 15 is 0 Å². The highest BCUT2D eigenvalue weighted by Crippen LogP contribution is 2.25. The summed E-state index contributed by atoms with van der Waals surface area (Å²) in [4.78, 5) is 26.0. The first-order chi connectivity index (χ1) is 13.0. The number of carbonyl (C=O) groups is 1. The number of rotatable bonds is 5. The number of thiophene rings is 1. The highest BCUT2D eigenvalue weighted by molar-refractivity contribution is 7.10. The van der Waals surface area contributed by atoms with Crippen molar-refractivity contribution < 1.29 is 4.79 Å². The molecule has 136 valence electrons. The summed E-state index contributed by atoms with van der Waals surface area (Å²) in [6.07, 6.45) is 0. The molecule has 2 aromatic heterocycles. The zero-order chi connectivity index (χ0) is 19.4. The number of hydrogen-bond donors (Lipinski definition) is 1. The monoisotopic (exact) mass is 378 g/mol. The van der Waals surface area contributed by atoms with E-state index in [4.69, 9.17) is 0 Å². The Morgan fingerprint density at radius 1 is 1.26 bits per heavy atom. The number of carbonyl (C=O) groups excluding carboxylic acids is 1. The first kappa shape index (κ1) is 18.5. The summed E-state index contributed by atoms with van der Waals surface area (Å²) in [6, 6.07) is 15.1. The smallest absolute Gasteiger partial charge is 0.285 e. The van der Waals surface area contributed by atoms with Gasteiger partial charge >= 0.3 is 0 Å². The third-order valence-electron chi connectivity index (χ3n) is 4.31. The standard InChI is InChI=1S/C20H18N4O2S/c1-13-14(2)23-24(20(26)16(13)11-21)12-18(25)22-19(17-9-6-10-27-17)15-7-4-3-5-8-15/h3-10,19H,12H2,1-2H3,(H,22,25)/t19-/m0/s1. The number of amides is 1. The molecule has 1 amide bonds. The summed E-state index contributed by atoms with van der Waals surface area (Å²) < 4.78 is 1.05. The number of nitrogens with one attached hydrogen (secondary N) is 1. The highest BCUT2D eigenvalue weighted by atomic mass is 32.1. The molecule has 0 aliphatic carbocycles. The summed E-state index contributed by atoms with van der Waals surface area (Å²) in [5, 5.41) is 18.3. The van der Waals surface area contributed by atoms with Crippen LogP contribution in [0.4, 0.5) is 0 Å². The maximum atomic E-state index is 12.7. The van der Waals surface area contributed by atoms with Gasteiger partial charge < -0.3 is 5.32 Å². The summed E-state index contributed by atoms with van der Waals surface area (Å²) in [6.45, 7) is 3.14. The van der Waals surface area contributed by atoms with Gasteiger partial charge in [0.2, 0.25) is 5.91 Å². The number of nitriles is 1. The van der Waals surface area contributed by atoms with Crippen LogP contribution in [0.1, 0.15) is 33.3 Å². The predicted octanol–water partition coefficient (Wildman–Crippen LogP) is 2.70. The number of aromatic nitrogens is 2. The normalized spacial score (nSPS) is 11.6. The van der Waals surface area contributed by atoms with Gasteiger partial charge in [-0.2, -0.15) is 10.4 Å². The van der Waals surface area contributed by atoms with Crippen LogP contribution in [0.25, 0.3) is 0 Å². The van der Waals surface area contributed by atoms with Crippen LogP contribution < -0.4 is 10.9 Å². The molecule has 2 heterocycles. The third-order valence-corrected chi connectivity index (χ3v) is 5.24. The molecule has 1 aromatic carbocycles. The quantitative estimate of drug-likeness (QED) is 0.739. The van der Waals surface area contributed by atoms with Crippen LogP contribution in [0.15, 0.2) is 52.6 Å². The molecule has 0 saturated carbocycles. The molecule has 0 saturated heterocycles. The lowest BCUT2D eigenvalue weighted by atomic mass is 10.1. The minimum atomic E-state index is -0.553. The molecule has 3 aromatic rings. The zero-order valence-corrected chi connectivity index (χ0v) is 15.8. The minimum Gasteiger partial charge on any atom is -0.343 e. The van der Waals surface area contributed by atoms with E-state index in [0.717, 1.165) is 15.1 Å². The Kier molecular flexibility index (Phi) is 5.48. The van der Waals surface area contributed by atoms with Crippen LogP contribution >= 0.6 is 11.3 Å². The van der Waals surface area contributed by atoms with Crippen LogP contribution in [0, 0.1) is 25.2 Å². The van der Waals surface area contributed by atoms with Gasteiger partial charge in [-0.3, -0.25) is 9.59 Å². The van der Waals surface area contributed by atoms with Crippen molar-refractivity contribution in [1.82, 2.24) is 15.1 Å². The molecule has 0 aliphatic rings. The van der Waals surface area contributed by atoms with Gasteiger partial charge in [-0.25, -0.2) is 4.68 Å². The average molecular weight is 378 g/mol. The number of benzene rings is 1. The van der Waals surface area contributed by atoms with Gasteiger partial charge in [0, 0.05) is 4.88 Å². The Bertz CT molecular complexity index is 1050. The number of hydrogen-bond acceptors (Lipinski definition) is 5. The lowest BCUT2D eigenvalue weighted by Gasteiger charge is -2.18. The molecule has 0 spiro atoms. The van der Waals surface area contributed by atoms with Crippen LogP contribution in [0.3, 0.4) is 0 Å². The van der Waals surface area contributed by atoms with E-state index in [0.29, 0.717) is 11.3 Å². The Morgan fingerprint density at radius 2 is 2.00 bits per heavy atom. The van der Waals surface area contributed by atoms with Gasteiger partial charge in [-0.05, 0) is 36.4 Å². The van der Waals surface area contributed by atoms with Crippen molar-refractivity contribution in [1.29, 1.82) is 5.26 Å². The van der Waals surface area contributed by atoms with Crippen LogP contribution in [-0.2, 0) is 11.3 Å². The first-order valence-electron chi connectivity index (χ1n) is 8.37. The van der Waals surface area contributed by atoms with E-state index in [1.54, 1.807) is 25.2 Å². The van der Waals surface area contributed by atoms with Crippen molar-refractivity contribution in [2.24, 2.45) is 0 Å². The predicted molar refractivity (Wildman–Crippen MR) is 103 cm³/mol.